The largest absolute Gasteiger partial charge is 0.493 e. The van der Waals surface area contributed by atoms with Crippen LogP contribution in [-0.2, 0) is 0 Å². The molecule has 0 spiro atoms. The first-order valence-electron chi connectivity index (χ1n) is 13.5. The fraction of sp³-hybridized carbons (Fsp3) is 0.793. The first-order valence-corrected chi connectivity index (χ1v) is 13.5. The highest BCUT2D eigenvalue weighted by molar-refractivity contribution is 5.31. The molecule has 0 heterocycles. The third kappa shape index (κ3) is 16.8. The average molecular weight is 417 g/mol. The zero-order valence-electron chi connectivity index (χ0n) is 20.6. The zero-order valence-corrected chi connectivity index (χ0v) is 20.6. The molecule has 1 heteroatoms. The van der Waals surface area contributed by atoms with Crippen molar-refractivity contribution in [2.24, 2.45) is 0 Å². The number of aryl methyl sites for hydroxylation is 1. The highest BCUT2D eigenvalue weighted by Crippen LogP contribution is 2.17. The molecule has 0 amide bonds. The molecule has 0 aromatic heterocycles. The van der Waals surface area contributed by atoms with Crippen LogP contribution in [0.15, 0.2) is 24.3 Å². The minimum atomic E-state index is 0.865. The number of rotatable bonds is 22. The summed E-state index contributed by atoms with van der Waals surface area (Å²) in [6.45, 7) is 5.28. The minimum absolute atomic E-state index is 0.865. The third-order valence-electron chi connectivity index (χ3n) is 6.35. The van der Waals surface area contributed by atoms with E-state index >= 15 is 0 Å². The smallest absolute Gasteiger partial charge is 0.122 e. The van der Waals surface area contributed by atoms with Gasteiger partial charge < -0.3 is 4.74 Å². The van der Waals surface area contributed by atoms with Crippen LogP contribution in [0.2, 0.25) is 0 Å². The fourth-order valence-corrected chi connectivity index (χ4v) is 4.26. The molecule has 0 unspecified atom stereocenters. The van der Waals surface area contributed by atoms with E-state index in [2.05, 4.69) is 38.1 Å². The van der Waals surface area contributed by atoms with E-state index in [1.165, 1.54) is 134 Å². The van der Waals surface area contributed by atoms with Crippen LogP contribution >= 0.6 is 0 Å². The van der Waals surface area contributed by atoms with Crippen molar-refractivity contribution in [1.29, 1.82) is 0 Å². The maximum atomic E-state index is 5.87. The summed E-state index contributed by atoms with van der Waals surface area (Å²) in [6, 6.07) is 8.32. The van der Waals surface area contributed by atoms with Crippen LogP contribution in [0, 0.1) is 6.92 Å². The molecule has 0 aliphatic rings. The Kier molecular flexibility index (Phi) is 19.2. The van der Waals surface area contributed by atoms with Gasteiger partial charge in [-0.2, -0.15) is 0 Å². The predicted molar refractivity (Wildman–Crippen MR) is 135 cm³/mol. The maximum absolute atomic E-state index is 5.87. The van der Waals surface area contributed by atoms with Crippen LogP contribution in [0.25, 0.3) is 0 Å². The molecule has 0 N–H and O–H groups in total. The lowest BCUT2D eigenvalue weighted by Gasteiger charge is -2.08. The molecule has 0 saturated carbocycles. The first-order chi connectivity index (χ1) is 14.8. The monoisotopic (exact) mass is 416 g/mol. The number of unbranched alkanes of at least 4 members (excludes halogenated alkanes) is 19. The van der Waals surface area contributed by atoms with Crippen molar-refractivity contribution in [1.82, 2.24) is 0 Å². The summed E-state index contributed by atoms with van der Waals surface area (Å²) in [4.78, 5) is 0. The van der Waals surface area contributed by atoms with Gasteiger partial charge in [-0.3, -0.25) is 0 Å². The first kappa shape index (κ1) is 27.1. The molecule has 0 fully saturated rings. The van der Waals surface area contributed by atoms with E-state index in [1.54, 1.807) is 0 Å². The molecule has 30 heavy (non-hydrogen) atoms. The summed E-state index contributed by atoms with van der Waals surface area (Å²) in [6.07, 6.45) is 28.6. The lowest BCUT2D eigenvalue weighted by Crippen LogP contribution is -1.98. The summed E-state index contributed by atoms with van der Waals surface area (Å²) in [5.41, 5.74) is 1.24. The number of benzene rings is 1. The quantitative estimate of drug-likeness (QED) is 0.171. The summed E-state index contributed by atoms with van der Waals surface area (Å²) >= 11 is 0. The van der Waals surface area contributed by atoms with Gasteiger partial charge in [0.1, 0.15) is 5.75 Å². The normalized spacial score (nSPS) is 11.1. The topological polar surface area (TPSA) is 9.23 Å². The second-order valence-electron chi connectivity index (χ2n) is 9.33. The van der Waals surface area contributed by atoms with Gasteiger partial charge >= 0.3 is 0 Å². The van der Waals surface area contributed by atoms with Gasteiger partial charge in [0.25, 0.3) is 0 Å². The molecule has 1 rings (SSSR count). The Morgan fingerprint density at radius 3 is 1.27 bits per heavy atom. The molecule has 0 radical (unpaired) electrons. The molecule has 0 aliphatic heterocycles. The van der Waals surface area contributed by atoms with E-state index < -0.39 is 0 Å². The van der Waals surface area contributed by atoms with Crippen molar-refractivity contribution < 1.29 is 4.74 Å². The third-order valence-corrected chi connectivity index (χ3v) is 6.35. The van der Waals surface area contributed by atoms with E-state index in [0.717, 1.165) is 12.4 Å². The predicted octanol–water partition coefficient (Wildman–Crippen LogP) is 10.2. The van der Waals surface area contributed by atoms with Gasteiger partial charge in [0, 0.05) is 0 Å². The van der Waals surface area contributed by atoms with Crippen molar-refractivity contribution in [2.75, 3.05) is 6.61 Å². The van der Waals surface area contributed by atoms with E-state index in [1.807, 2.05) is 0 Å². The Hall–Kier alpha value is -0.980. The van der Waals surface area contributed by atoms with Crippen LogP contribution in [0.1, 0.15) is 141 Å². The average Bonchev–Trinajstić information content (AvgIpc) is 2.76. The Bertz CT molecular complexity index is 467. The van der Waals surface area contributed by atoms with E-state index in [4.69, 9.17) is 4.74 Å². The number of hydrogen-bond donors (Lipinski definition) is 0. The van der Waals surface area contributed by atoms with Crippen molar-refractivity contribution in [2.45, 2.75) is 142 Å². The summed E-state index contributed by atoms with van der Waals surface area (Å²) in [5.74, 6) is 1.05. The van der Waals surface area contributed by atoms with E-state index in [9.17, 15) is 0 Å². The molecule has 0 atom stereocenters. The van der Waals surface area contributed by atoms with Crippen molar-refractivity contribution >= 4 is 0 Å². The van der Waals surface area contributed by atoms with Gasteiger partial charge in [-0.05, 0) is 25.0 Å². The lowest BCUT2D eigenvalue weighted by atomic mass is 10.0. The van der Waals surface area contributed by atoms with Gasteiger partial charge in [0.15, 0.2) is 0 Å². The molecular weight excluding hydrogens is 364 g/mol. The molecular formula is C29H52O. The molecule has 0 aliphatic carbocycles. The molecule has 174 valence electrons. The van der Waals surface area contributed by atoms with Crippen LogP contribution in [-0.4, -0.2) is 6.61 Å². The van der Waals surface area contributed by atoms with E-state index in [0.29, 0.717) is 0 Å². The summed E-state index contributed by atoms with van der Waals surface area (Å²) in [5, 5.41) is 0. The van der Waals surface area contributed by atoms with Crippen LogP contribution in [0.5, 0.6) is 5.75 Å². The van der Waals surface area contributed by atoms with Crippen LogP contribution in [0.4, 0.5) is 0 Å². The number of hydrogen-bond acceptors (Lipinski definition) is 1. The zero-order chi connectivity index (χ0) is 21.5. The molecule has 0 bridgehead atoms. The second kappa shape index (κ2) is 21.3. The Balaban J connectivity index is 1.70. The lowest BCUT2D eigenvalue weighted by molar-refractivity contribution is 0.302. The van der Waals surface area contributed by atoms with Gasteiger partial charge in [-0.25, -0.2) is 0 Å². The summed E-state index contributed by atoms with van der Waals surface area (Å²) < 4.78 is 5.87. The van der Waals surface area contributed by atoms with Crippen molar-refractivity contribution in [3.05, 3.63) is 29.8 Å². The molecule has 1 nitrogen and oxygen atoms in total. The maximum Gasteiger partial charge on any atom is 0.122 e. The van der Waals surface area contributed by atoms with Crippen molar-refractivity contribution in [3.63, 3.8) is 0 Å². The summed E-state index contributed by atoms with van der Waals surface area (Å²) in [7, 11) is 0. The Morgan fingerprint density at radius 1 is 0.500 bits per heavy atom. The van der Waals surface area contributed by atoms with Crippen LogP contribution < -0.4 is 4.74 Å². The molecule has 0 saturated heterocycles. The number of para-hydroxylation sites is 1. The van der Waals surface area contributed by atoms with Gasteiger partial charge in [0.2, 0.25) is 0 Å². The Morgan fingerprint density at radius 2 is 0.867 bits per heavy atom. The fourth-order valence-electron chi connectivity index (χ4n) is 4.26. The van der Waals surface area contributed by atoms with Crippen molar-refractivity contribution in [3.8, 4) is 5.75 Å². The van der Waals surface area contributed by atoms with Crippen LogP contribution in [0.3, 0.4) is 0 Å². The minimum Gasteiger partial charge on any atom is -0.493 e. The Labute approximate surface area is 189 Å². The second-order valence-corrected chi connectivity index (χ2v) is 9.33. The SMILES string of the molecule is CCCCCCCCCCCCCCCCCCCCCCOc1ccccc1C. The van der Waals surface area contributed by atoms with Gasteiger partial charge in [-0.15, -0.1) is 0 Å². The molecule has 1 aromatic rings. The standard InChI is InChI=1S/C29H52O/c1-3-4-5-6-7-8-9-10-11-12-13-14-15-16-17-18-19-20-21-24-27-30-29-26-23-22-25-28(29)2/h22-23,25-26H,3-21,24,27H2,1-2H3. The molecule has 1 aromatic carbocycles. The van der Waals surface area contributed by atoms with E-state index in [-0.39, 0.29) is 0 Å². The number of ether oxygens (including phenoxy) is 1. The highest BCUT2D eigenvalue weighted by atomic mass is 16.5. The highest BCUT2D eigenvalue weighted by Gasteiger charge is 1.98. The van der Waals surface area contributed by atoms with Gasteiger partial charge in [-0.1, -0.05) is 147 Å². The van der Waals surface area contributed by atoms with Gasteiger partial charge in [0.05, 0.1) is 6.61 Å².